The lowest BCUT2D eigenvalue weighted by Gasteiger charge is -2.12. The van der Waals surface area contributed by atoms with Gasteiger partial charge in [-0.05, 0) is 48.7 Å². The molecule has 9 nitrogen and oxygen atoms in total. The van der Waals surface area contributed by atoms with Crippen molar-refractivity contribution in [3.63, 3.8) is 0 Å². The van der Waals surface area contributed by atoms with E-state index in [2.05, 4.69) is 15.2 Å². The van der Waals surface area contributed by atoms with Gasteiger partial charge in [0.1, 0.15) is 9.96 Å². The van der Waals surface area contributed by atoms with E-state index in [-0.39, 0.29) is 21.2 Å². The van der Waals surface area contributed by atoms with Gasteiger partial charge in [0.2, 0.25) is 0 Å². The highest BCUT2D eigenvalue weighted by Gasteiger charge is 2.19. The zero-order chi connectivity index (χ0) is 24.0. The number of hydrazone groups is 1. The number of sulfonamides is 1. The molecule has 3 rings (SSSR count). The van der Waals surface area contributed by atoms with Crippen molar-refractivity contribution in [3.8, 4) is 5.75 Å². The van der Waals surface area contributed by atoms with E-state index in [1.54, 1.807) is 24.4 Å². The highest BCUT2D eigenvalue weighted by molar-refractivity contribution is 7.94. The van der Waals surface area contributed by atoms with E-state index in [4.69, 9.17) is 21.4 Å². The third-order valence-electron chi connectivity index (χ3n) is 4.12. The molecular formula is C21H18ClN3O6S2. The molecule has 0 aliphatic carbocycles. The van der Waals surface area contributed by atoms with Crippen LogP contribution in [0.3, 0.4) is 0 Å². The molecule has 0 bridgehead atoms. The molecule has 0 saturated carbocycles. The number of aliphatic carboxylic acids is 1. The SMILES string of the molecule is Cc1ccc(NS(=O)(=O)c2cccs2)c(C(=O)N/N=C\c2cc(Cl)ccc2OCC(=O)O)c1. The number of hydrogen-bond acceptors (Lipinski definition) is 7. The average molecular weight is 508 g/mol. The van der Waals surface area contributed by atoms with Crippen LogP contribution in [0.25, 0.3) is 0 Å². The van der Waals surface area contributed by atoms with Gasteiger partial charge >= 0.3 is 5.97 Å². The molecule has 1 aromatic heterocycles. The molecule has 12 heteroatoms. The Hall–Kier alpha value is -3.41. The second-order valence-electron chi connectivity index (χ2n) is 6.65. The Morgan fingerprint density at radius 2 is 2.00 bits per heavy atom. The van der Waals surface area contributed by atoms with Gasteiger partial charge in [-0.2, -0.15) is 5.10 Å². The number of ether oxygens (including phenoxy) is 1. The summed E-state index contributed by atoms with van der Waals surface area (Å²) < 4.78 is 32.9. The van der Waals surface area contributed by atoms with Crippen LogP contribution < -0.4 is 14.9 Å². The number of rotatable bonds is 9. The summed E-state index contributed by atoms with van der Waals surface area (Å²) in [6.07, 6.45) is 1.24. The molecule has 3 aromatic rings. The number of benzene rings is 2. The third-order valence-corrected chi connectivity index (χ3v) is 7.11. The molecule has 0 fully saturated rings. The minimum atomic E-state index is -3.86. The van der Waals surface area contributed by atoms with Gasteiger partial charge in [0, 0.05) is 10.6 Å². The summed E-state index contributed by atoms with van der Waals surface area (Å²) in [6.45, 7) is 1.20. The van der Waals surface area contributed by atoms with Crippen LogP contribution in [0.4, 0.5) is 5.69 Å². The van der Waals surface area contributed by atoms with Crippen LogP contribution in [0.5, 0.6) is 5.75 Å². The van der Waals surface area contributed by atoms with Crippen molar-refractivity contribution in [1.29, 1.82) is 0 Å². The molecule has 2 aromatic carbocycles. The van der Waals surface area contributed by atoms with Gasteiger partial charge in [-0.15, -0.1) is 11.3 Å². The molecule has 0 aliphatic rings. The first-order valence-electron chi connectivity index (χ1n) is 9.30. The third kappa shape index (κ3) is 6.54. The van der Waals surface area contributed by atoms with Gasteiger partial charge in [0.05, 0.1) is 17.5 Å². The minimum Gasteiger partial charge on any atom is -0.481 e. The Morgan fingerprint density at radius 1 is 1.21 bits per heavy atom. The van der Waals surface area contributed by atoms with Gasteiger partial charge < -0.3 is 9.84 Å². The van der Waals surface area contributed by atoms with E-state index in [1.165, 1.54) is 42.6 Å². The lowest BCUT2D eigenvalue weighted by molar-refractivity contribution is -0.139. The van der Waals surface area contributed by atoms with Gasteiger partial charge in [0.25, 0.3) is 15.9 Å². The Balaban J connectivity index is 1.80. The van der Waals surface area contributed by atoms with Crippen LogP contribution in [-0.2, 0) is 14.8 Å². The lowest BCUT2D eigenvalue weighted by Crippen LogP contribution is -2.21. The summed E-state index contributed by atoms with van der Waals surface area (Å²) in [7, 11) is -3.86. The highest BCUT2D eigenvalue weighted by Crippen LogP contribution is 2.24. The largest absolute Gasteiger partial charge is 0.481 e. The van der Waals surface area contributed by atoms with Crippen molar-refractivity contribution in [1.82, 2.24) is 5.43 Å². The van der Waals surface area contributed by atoms with Crippen LogP contribution in [0, 0.1) is 6.92 Å². The number of aryl methyl sites for hydroxylation is 1. The van der Waals surface area contributed by atoms with E-state index >= 15 is 0 Å². The molecule has 0 radical (unpaired) electrons. The number of halogens is 1. The van der Waals surface area contributed by atoms with E-state index in [0.717, 1.165) is 16.9 Å². The first-order valence-corrected chi connectivity index (χ1v) is 12.0. The number of carboxylic acids is 1. The summed E-state index contributed by atoms with van der Waals surface area (Å²) in [5, 5.41) is 14.7. The predicted molar refractivity (Wildman–Crippen MR) is 126 cm³/mol. The zero-order valence-electron chi connectivity index (χ0n) is 17.1. The number of nitrogens with zero attached hydrogens (tertiary/aromatic N) is 1. The summed E-state index contributed by atoms with van der Waals surface area (Å²) in [6, 6.07) is 12.2. The lowest BCUT2D eigenvalue weighted by atomic mass is 10.1. The quantitative estimate of drug-likeness (QED) is 0.298. The predicted octanol–water partition coefficient (Wildman–Crippen LogP) is 3.74. The molecule has 3 N–H and O–H groups in total. The maximum absolute atomic E-state index is 12.8. The van der Waals surface area contributed by atoms with Crippen molar-refractivity contribution in [3.05, 3.63) is 75.6 Å². The molecule has 0 atom stereocenters. The van der Waals surface area contributed by atoms with Gasteiger partial charge in [0.15, 0.2) is 6.61 Å². The second-order valence-corrected chi connectivity index (χ2v) is 9.94. The Kier molecular flexibility index (Phi) is 7.69. The molecule has 33 heavy (non-hydrogen) atoms. The smallest absolute Gasteiger partial charge is 0.341 e. The van der Waals surface area contributed by atoms with E-state index < -0.39 is 28.5 Å². The fourth-order valence-electron chi connectivity index (χ4n) is 2.66. The number of amides is 1. The maximum Gasteiger partial charge on any atom is 0.341 e. The number of anilines is 1. The van der Waals surface area contributed by atoms with Crippen LogP contribution in [0.2, 0.25) is 5.02 Å². The average Bonchev–Trinajstić information content (AvgIpc) is 3.30. The molecule has 0 unspecified atom stereocenters. The molecule has 0 aliphatic heterocycles. The van der Waals surface area contributed by atoms with Crippen LogP contribution >= 0.6 is 22.9 Å². The summed E-state index contributed by atoms with van der Waals surface area (Å²) >= 11 is 7.03. The van der Waals surface area contributed by atoms with Gasteiger partial charge in [-0.25, -0.2) is 18.6 Å². The highest BCUT2D eigenvalue weighted by atomic mass is 35.5. The van der Waals surface area contributed by atoms with Crippen molar-refractivity contribution in [2.45, 2.75) is 11.1 Å². The number of carboxylic acid groups (broad SMARTS) is 1. The maximum atomic E-state index is 12.8. The van der Waals surface area contributed by atoms with E-state index in [0.29, 0.717) is 10.6 Å². The molecule has 172 valence electrons. The summed E-state index contributed by atoms with van der Waals surface area (Å²) in [5.74, 6) is -1.60. The van der Waals surface area contributed by atoms with Gasteiger partial charge in [-0.1, -0.05) is 29.3 Å². The Bertz CT molecular complexity index is 1310. The van der Waals surface area contributed by atoms with Crippen molar-refractivity contribution in [2.24, 2.45) is 5.10 Å². The molecule has 1 heterocycles. The van der Waals surface area contributed by atoms with Crippen LogP contribution in [0.1, 0.15) is 21.5 Å². The van der Waals surface area contributed by atoms with Crippen molar-refractivity contribution < 1.29 is 27.9 Å². The molecular weight excluding hydrogens is 490 g/mol. The number of carbonyl (C=O) groups excluding carboxylic acids is 1. The van der Waals surface area contributed by atoms with E-state index in [9.17, 15) is 18.0 Å². The van der Waals surface area contributed by atoms with Gasteiger partial charge in [-0.3, -0.25) is 9.52 Å². The normalized spacial score (nSPS) is 11.3. The topological polar surface area (TPSA) is 134 Å². The van der Waals surface area contributed by atoms with Crippen LogP contribution in [-0.4, -0.2) is 38.2 Å². The van der Waals surface area contributed by atoms with Crippen molar-refractivity contribution in [2.75, 3.05) is 11.3 Å². The van der Waals surface area contributed by atoms with Crippen molar-refractivity contribution >= 4 is 56.7 Å². The monoisotopic (exact) mass is 507 g/mol. The number of thiophene rings is 1. The Labute approximate surface area is 198 Å². The first kappa shape index (κ1) is 24.2. The number of carbonyl (C=O) groups is 2. The standard InChI is InChI=1S/C21H18ClN3O6S2/c1-13-4-6-17(25-33(29,30)20-3-2-8-32-20)16(9-13)21(28)24-23-11-14-10-15(22)5-7-18(14)31-12-19(26)27/h2-11,25H,12H2,1H3,(H,24,28)(H,26,27)/b23-11-. The molecule has 0 spiro atoms. The second kappa shape index (κ2) is 10.5. The fourth-order valence-corrected chi connectivity index (χ4v) is 4.91. The fraction of sp³-hybridized carbons (Fsp3) is 0.0952. The molecule has 1 amide bonds. The van der Waals surface area contributed by atoms with Crippen LogP contribution in [0.15, 0.2) is 63.2 Å². The summed E-state index contributed by atoms with van der Waals surface area (Å²) in [5.41, 5.74) is 3.57. The Morgan fingerprint density at radius 3 is 2.70 bits per heavy atom. The van der Waals surface area contributed by atoms with E-state index in [1.807, 2.05) is 0 Å². The number of nitrogens with one attached hydrogen (secondary N) is 2. The molecule has 0 saturated heterocycles. The summed E-state index contributed by atoms with van der Waals surface area (Å²) in [4.78, 5) is 23.5. The number of hydrogen-bond donors (Lipinski definition) is 3. The zero-order valence-corrected chi connectivity index (χ0v) is 19.5. The first-order chi connectivity index (χ1) is 15.7. The minimum absolute atomic E-state index is 0.0701.